The third-order valence-corrected chi connectivity index (χ3v) is 9.78. The Hall–Kier alpha value is -2.75. The number of amides is 1. The number of rotatable bonds is 14. The SMILES string of the molecule is CN(C)C(c1ccc(Cl)cc1)C1CCC(CNC(=O)COCCNS(=O)(=O)c2ccccc2Cc2ccccc2)CC1. The van der Waals surface area contributed by atoms with Crippen molar-refractivity contribution in [3.8, 4) is 0 Å². The normalized spacial score (nSPS) is 18.1. The molecule has 0 bridgehead atoms. The fraction of sp³-hybridized carbons (Fsp3) is 0.424. The van der Waals surface area contributed by atoms with E-state index in [1.54, 1.807) is 12.1 Å². The first-order valence-corrected chi connectivity index (χ1v) is 16.5. The summed E-state index contributed by atoms with van der Waals surface area (Å²) in [6.07, 6.45) is 4.87. The molecule has 1 amide bonds. The van der Waals surface area contributed by atoms with Crippen LogP contribution in [0.25, 0.3) is 0 Å². The van der Waals surface area contributed by atoms with Crippen molar-refractivity contribution < 1.29 is 17.9 Å². The summed E-state index contributed by atoms with van der Waals surface area (Å²) in [6.45, 7) is 0.726. The molecule has 0 heterocycles. The fourth-order valence-corrected chi connectivity index (χ4v) is 7.26. The molecule has 1 saturated carbocycles. The van der Waals surface area contributed by atoms with Crippen LogP contribution in [0.5, 0.6) is 0 Å². The highest BCUT2D eigenvalue weighted by Crippen LogP contribution is 2.39. The van der Waals surface area contributed by atoms with Crippen molar-refractivity contribution in [1.82, 2.24) is 14.9 Å². The lowest BCUT2D eigenvalue weighted by Crippen LogP contribution is -2.36. The number of sulfonamides is 1. The number of nitrogens with one attached hydrogen (secondary N) is 2. The molecule has 1 fully saturated rings. The van der Waals surface area contributed by atoms with E-state index < -0.39 is 10.0 Å². The Labute approximate surface area is 255 Å². The number of ether oxygens (including phenoxy) is 1. The van der Waals surface area contributed by atoms with E-state index in [0.29, 0.717) is 30.8 Å². The van der Waals surface area contributed by atoms with Crippen LogP contribution in [-0.4, -0.2) is 59.6 Å². The average Bonchev–Trinajstić information content (AvgIpc) is 2.98. The number of carbonyl (C=O) groups excluding carboxylic acids is 1. The van der Waals surface area contributed by atoms with Crippen molar-refractivity contribution in [3.05, 3.63) is 101 Å². The Kier molecular flexibility index (Phi) is 12.0. The molecule has 42 heavy (non-hydrogen) atoms. The molecule has 3 aromatic rings. The van der Waals surface area contributed by atoms with Crippen LogP contribution >= 0.6 is 11.6 Å². The molecule has 0 radical (unpaired) electrons. The van der Waals surface area contributed by atoms with E-state index >= 15 is 0 Å². The molecular formula is C33H42ClN3O4S. The molecule has 1 aliphatic rings. The molecule has 0 spiro atoms. The molecule has 226 valence electrons. The summed E-state index contributed by atoms with van der Waals surface area (Å²) in [5.74, 6) is 0.826. The summed E-state index contributed by atoms with van der Waals surface area (Å²) in [7, 11) is 0.541. The topological polar surface area (TPSA) is 87.7 Å². The highest BCUT2D eigenvalue weighted by molar-refractivity contribution is 7.89. The zero-order valence-electron chi connectivity index (χ0n) is 24.5. The minimum absolute atomic E-state index is 0.0833. The number of nitrogens with zero attached hydrogens (tertiary/aromatic N) is 1. The number of hydrogen-bond donors (Lipinski definition) is 2. The molecule has 3 aromatic carbocycles. The lowest BCUT2D eigenvalue weighted by Gasteiger charge is -2.37. The van der Waals surface area contributed by atoms with Gasteiger partial charge in [0.15, 0.2) is 0 Å². The Balaban J connectivity index is 1.14. The van der Waals surface area contributed by atoms with Crippen LogP contribution in [0.3, 0.4) is 0 Å². The Bertz CT molecular complexity index is 1380. The number of benzene rings is 3. The van der Waals surface area contributed by atoms with Gasteiger partial charge in [-0.15, -0.1) is 0 Å². The lowest BCUT2D eigenvalue weighted by atomic mass is 9.76. The first-order chi connectivity index (χ1) is 20.2. The van der Waals surface area contributed by atoms with Gasteiger partial charge in [0.25, 0.3) is 0 Å². The van der Waals surface area contributed by atoms with Gasteiger partial charge in [0.05, 0.1) is 11.5 Å². The van der Waals surface area contributed by atoms with Gasteiger partial charge in [0.2, 0.25) is 15.9 Å². The van der Waals surface area contributed by atoms with Crippen molar-refractivity contribution in [2.75, 3.05) is 40.4 Å². The van der Waals surface area contributed by atoms with Gasteiger partial charge in [-0.05, 0) is 92.9 Å². The van der Waals surface area contributed by atoms with Gasteiger partial charge >= 0.3 is 0 Å². The first kappa shape index (κ1) is 32.2. The second kappa shape index (κ2) is 15.6. The number of carbonyl (C=O) groups is 1. The number of halogens is 1. The summed E-state index contributed by atoms with van der Waals surface area (Å²) in [5.41, 5.74) is 3.06. The minimum Gasteiger partial charge on any atom is -0.370 e. The Morgan fingerprint density at radius 2 is 1.62 bits per heavy atom. The van der Waals surface area contributed by atoms with Crippen LogP contribution in [0.2, 0.25) is 5.02 Å². The predicted octanol–water partition coefficient (Wildman–Crippen LogP) is 5.45. The van der Waals surface area contributed by atoms with Crippen LogP contribution in [-0.2, 0) is 26.0 Å². The van der Waals surface area contributed by atoms with E-state index in [1.165, 1.54) is 5.56 Å². The van der Waals surface area contributed by atoms with Gasteiger partial charge in [-0.2, -0.15) is 0 Å². The second-order valence-electron chi connectivity index (χ2n) is 11.3. The number of hydrogen-bond acceptors (Lipinski definition) is 5. The fourth-order valence-electron chi connectivity index (χ4n) is 5.89. The van der Waals surface area contributed by atoms with E-state index in [4.69, 9.17) is 16.3 Å². The van der Waals surface area contributed by atoms with Crippen LogP contribution in [0.4, 0.5) is 0 Å². The van der Waals surface area contributed by atoms with Crippen LogP contribution in [0.15, 0.2) is 83.8 Å². The monoisotopic (exact) mass is 611 g/mol. The molecule has 0 aliphatic heterocycles. The summed E-state index contributed by atoms with van der Waals surface area (Å²) >= 11 is 6.09. The molecule has 0 saturated heterocycles. The van der Waals surface area contributed by atoms with Crippen LogP contribution in [0.1, 0.15) is 48.4 Å². The molecule has 1 atom stereocenters. The van der Waals surface area contributed by atoms with Gasteiger partial charge in [-0.1, -0.05) is 72.3 Å². The van der Waals surface area contributed by atoms with Crippen molar-refractivity contribution in [2.45, 2.75) is 43.0 Å². The summed E-state index contributed by atoms with van der Waals surface area (Å²) in [6, 6.07) is 25.3. The summed E-state index contributed by atoms with van der Waals surface area (Å²) < 4.78 is 34.0. The second-order valence-corrected chi connectivity index (χ2v) is 13.4. The molecule has 9 heteroatoms. The Morgan fingerprint density at radius 3 is 2.31 bits per heavy atom. The third kappa shape index (κ3) is 9.38. The van der Waals surface area contributed by atoms with Crippen LogP contribution < -0.4 is 10.0 Å². The highest BCUT2D eigenvalue weighted by Gasteiger charge is 2.30. The summed E-state index contributed by atoms with van der Waals surface area (Å²) in [5, 5.41) is 3.74. The Morgan fingerprint density at radius 1 is 0.952 bits per heavy atom. The van der Waals surface area contributed by atoms with Crippen molar-refractivity contribution in [2.24, 2.45) is 11.8 Å². The quantitative estimate of drug-likeness (QED) is 0.237. The van der Waals surface area contributed by atoms with E-state index in [-0.39, 0.29) is 30.6 Å². The molecule has 0 aromatic heterocycles. The van der Waals surface area contributed by atoms with Crippen molar-refractivity contribution >= 4 is 27.5 Å². The van der Waals surface area contributed by atoms with E-state index in [2.05, 4.69) is 41.2 Å². The molecule has 1 aliphatic carbocycles. The largest absolute Gasteiger partial charge is 0.370 e. The molecule has 7 nitrogen and oxygen atoms in total. The minimum atomic E-state index is -3.71. The summed E-state index contributed by atoms with van der Waals surface area (Å²) in [4.78, 5) is 14.9. The zero-order chi connectivity index (χ0) is 30.0. The standard InChI is InChI=1S/C33H42ClN3O4S/c1-37(2)33(28-16-18-30(34)19-17-28)27-14-12-26(13-15-27)23-35-32(38)24-41-21-20-36-42(39,40)31-11-7-6-10-29(31)22-25-8-4-3-5-9-25/h3-11,16-19,26-27,33,36H,12-15,20-24H2,1-2H3,(H,35,38). The van der Waals surface area contributed by atoms with Gasteiger partial charge in [-0.3, -0.25) is 4.79 Å². The van der Waals surface area contributed by atoms with Gasteiger partial charge in [-0.25, -0.2) is 13.1 Å². The maximum atomic E-state index is 13.0. The molecule has 4 rings (SSSR count). The first-order valence-electron chi connectivity index (χ1n) is 14.6. The zero-order valence-corrected chi connectivity index (χ0v) is 26.0. The predicted molar refractivity (Wildman–Crippen MR) is 168 cm³/mol. The van der Waals surface area contributed by atoms with Crippen molar-refractivity contribution in [3.63, 3.8) is 0 Å². The average molecular weight is 612 g/mol. The third-order valence-electron chi connectivity index (χ3n) is 7.96. The smallest absolute Gasteiger partial charge is 0.246 e. The van der Waals surface area contributed by atoms with Crippen molar-refractivity contribution in [1.29, 1.82) is 0 Å². The molecule has 1 unspecified atom stereocenters. The molecule has 2 N–H and O–H groups in total. The van der Waals surface area contributed by atoms with E-state index in [0.717, 1.165) is 41.8 Å². The molecular weight excluding hydrogens is 570 g/mol. The van der Waals surface area contributed by atoms with Gasteiger partial charge in [0, 0.05) is 24.2 Å². The lowest BCUT2D eigenvalue weighted by molar-refractivity contribution is -0.125. The maximum Gasteiger partial charge on any atom is 0.246 e. The van der Waals surface area contributed by atoms with E-state index in [9.17, 15) is 13.2 Å². The van der Waals surface area contributed by atoms with E-state index in [1.807, 2.05) is 54.6 Å². The van der Waals surface area contributed by atoms with Gasteiger partial charge in [0.1, 0.15) is 6.61 Å². The van der Waals surface area contributed by atoms with Crippen LogP contribution in [0, 0.1) is 11.8 Å². The highest BCUT2D eigenvalue weighted by atomic mass is 35.5. The van der Waals surface area contributed by atoms with Gasteiger partial charge < -0.3 is 15.0 Å². The maximum absolute atomic E-state index is 13.0.